The molecule has 0 unspecified atom stereocenters. The molecule has 0 fully saturated rings. The SMILES string of the molecule is O=C(CNCCc1ccccc1)N/N=C/c1ccc(Cl)c2ccccc12. The van der Waals surface area contributed by atoms with Crippen LogP contribution in [-0.2, 0) is 11.2 Å². The smallest absolute Gasteiger partial charge is 0.254 e. The summed E-state index contributed by atoms with van der Waals surface area (Å²) in [5, 5.41) is 9.83. The zero-order chi connectivity index (χ0) is 18.2. The number of nitrogens with one attached hydrogen (secondary N) is 2. The van der Waals surface area contributed by atoms with Crippen molar-refractivity contribution in [3.8, 4) is 0 Å². The van der Waals surface area contributed by atoms with E-state index in [4.69, 9.17) is 11.6 Å². The second kappa shape index (κ2) is 9.13. The number of hydrogen-bond donors (Lipinski definition) is 2. The van der Waals surface area contributed by atoms with Gasteiger partial charge >= 0.3 is 0 Å². The highest BCUT2D eigenvalue weighted by Crippen LogP contribution is 2.25. The molecule has 132 valence electrons. The van der Waals surface area contributed by atoms with Gasteiger partial charge in [-0.2, -0.15) is 5.10 Å². The average Bonchev–Trinajstić information content (AvgIpc) is 2.68. The van der Waals surface area contributed by atoms with E-state index in [-0.39, 0.29) is 12.5 Å². The molecular formula is C21H20ClN3O. The summed E-state index contributed by atoms with van der Waals surface area (Å²) in [6.45, 7) is 0.967. The topological polar surface area (TPSA) is 53.5 Å². The Morgan fingerprint density at radius 1 is 0.962 bits per heavy atom. The van der Waals surface area contributed by atoms with Gasteiger partial charge in [0, 0.05) is 16.0 Å². The summed E-state index contributed by atoms with van der Waals surface area (Å²) in [7, 11) is 0. The summed E-state index contributed by atoms with van der Waals surface area (Å²) >= 11 is 6.21. The van der Waals surface area contributed by atoms with Crippen LogP contribution in [0.25, 0.3) is 10.8 Å². The molecule has 3 aromatic carbocycles. The summed E-state index contributed by atoms with van der Waals surface area (Å²) in [5.74, 6) is -0.174. The number of halogens is 1. The highest BCUT2D eigenvalue weighted by molar-refractivity contribution is 6.36. The number of amides is 1. The normalized spacial score (nSPS) is 11.1. The molecule has 0 saturated heterocycles. The molecule has 2 N–H and O–H groups in total. The molecule has 4 nitrogen and oxygen atoms in total. The van der Waals surface area contributed by atoms with E-state index in [1.807, 2.05) is 54.6 Å². The van der Waals surface area contributed by atoms with Crippen LogP contribution in [0.15, 0.2) is 71.8 Å². The molecule has 0 saturated carbocycles. The minimum absolute atomic E-state index is 0.174. The van der Waals surface area contributed by atoms with Crippen LogP contribution in [0.3, 0.4) is 0 Å². The van der Waals surface area contributed by atoms with Crippen LogP contribution in [0.1, 0.15) is 11.1 Å². The van der Waals surface area contributed by atoms with Crippen molar-refractivity contribution in [3.63, 3.8) is 0 Å². The van der Waals surface area contributed by atoms with Gasteiger partial charge in [0.1, 0.15) is 0 Å². The summed E-state index contributed by atoms with van der Waals surface area (Å²) in [6, 6.07) is 21.7. The average molecular weight is 366 g/mol. The van der Waals surface area contributed by atoms with E-state index in [9.17, 15) is 4.79 Å². The van der Waals surface area contributed by atoms with Crippen molar-refractivity contribution in [2.24, 2.45) is 5.10 Å². The van der Waals surface area contributed by atoms with Crippen molar-refractivity contribution in [1.29, 1.82) is 0 Å². The Balaban J connectivity index is 1.48. The minimum Gasteiger partial charge on any atom is -0.308 e. The first kappa shape index (κ1) is 18.1. The van der Waals surface area contributed by atoms with Crippen LogP contribution in [0.5, 0.6) is 0 Å². The molecule has 3 rings (SSSR count). The van der Waals surface area contributed by atoms with E-state index in [1.165, 1.54) is 5.56 Å². The zero-order valence-corrected chi connectivity index (χ0v) is 15.0. The summed E-state index contributed by atoms with van der Waals surface area (Å²) in [4.78, 5) is 11.9. The number of carbonyl (C=O) groups excluding carboxylic acids is 1. The summed E-state index contributed by atoms with van der Waals surface area (Å²) < 4.78 is 0. The minimum atomic E-state index is -0.174. The van der Waals surface area contributed by atoms with Crippen molar-refractivity contribution >= 4 is 34.5 Å². The van der Waals surface area contributed by atoms with Gasteiger partial charge in [-0.3, -0.25) is 4.79 Å². The first-order chi connectivity index (χ1) is 12.7. The molecule has 26 heavy (non-hydrogen) atoms. The highest BCUT2D eigenvalue weighted by atomic mass is 35.5. The third-order valence-electron chi connectivity index (χ3n) is 4.02. The van der Waals surface area contributed by atoms with Gasteiger partial charge in [-0.15, -0.1) is 0 Å². The van der Waals surface area contributed by atoms with Gasteiger partial charge < -0.3 is 5.32 Å². The lowest BCUT2D eigenvalue weighted by atomic mass is 10.1. The van der Waals surface area contributed by atoms with Crippen LogP contribution < -0.4 is 10.7 Å². The maximum Gasteiger partial charge on any atom is 0.254 e. The van der Waals surface area contributed by atoms with E-state index < -0.39 is 0 Å². The molecule has 3 aromatic rings. The largest absolute Gasteiger partial charge is 0.308 e. The third kappa shape index (κ3) is 4.91. The number of benzene rings is 3. The molecular weight excluding hydrogens is 346 g/mol. The summed E-state index contributed by atoms with van der Waals surface area (Å²) in [6.07, 6.45) is 2.52. The van der Waals surface area contributed by atoms with Crippen LogP contribution in [0, 0.1) is 0 Å². The van der Waals surface area contributed by atoms with E-state index in [0.29, 0.717) is 5.02 Å². The maximum absolute atomic E-state index is 11.9. The van der Waals surface area contributed by atoms with Crippen LogP contribution in [-0.4, -0.2) is 25.2 Å². The van der Waals surface area contributed by atoms with Crippen molar-refractivity contribution in [2.75, 3.05) is 13.1 Å². The van der Waals surface area contributed by atoms with Gasteiger partial charge in [-0.25, -0.2) is 5.43 Å². The molecule has 0 atom stereocenters. The monoisotopic (exact) mass is 365 g/mol. The Hall–Kier alpha value is -2.69. The van der Waals surface area contributed by atoms with Crippen LogP contribution >= 0.6 is 11.6 Å². The fraction of sp³-hybridized carbons (Fsp3) is 0.143. The second-order valence-electron chi connectivity index (χ2n) is 5.89. The lowest BCUT2D eigenvalue weighted by Crippen LogP contribution is -2.32. The van der Waals surface area contributed by atoms with E-state index in [1.54, 1.807) is 6.21 Å². The fourth-order valence-corrected chi connectivity index (χ4v) is 2.92. The van der Waals surface area contributed by atoms with Gasteiger partial charge in [0.15, 0.2) is 0 Å². The molecule has 0 aliphatic heterocycles. The Morgan fingerprint density at radius 3 is 2.50 bits per heavy atom. The predicted octanol–water partition coefficient (Wildman–Crippen LogP) is 3.78. The van der Waals surface area contributed by atoms with Crippen LogP contribution in [0.2, 0.25) is 5.02 Å². The van der Waals surface area contributed by atoms with Gasteiger partial charge in [-0.05, 0) is 30.0 Å². The highest BCUT2D eigenvalue weighted by Gasteiger charge is 2.03. The standard InChI is InChI=1S/C21H20ClN3O/c22-20-11-10-17(18-8-4-5-9-19(18)20)14-24-25-21(26)15-23-13-12-16-6-2-1-3-7-16/h1-11,14,23H,12-13,15H2,(H,25,26)/b24-14+. The Labute approximate surface area is 157 Å². The molecule has 1 amide bonds. The summed E-state index contributed by atoms with van der Waals surface area (Å²) in [5.41, 5.74) is 4.69. The lowest BCUT2D eigenvalue weighted by molar-refractivity contribution is -0.120. The van der Waals surface area contributed by atoms with Crippen molar-refractivity contribution in [1.82, 2.24) is 10.7 Å². The van der Waals surface area contributed by atoms with Crippen molar-refractivity contribution in [2.45, 2.75) is 6.42 Å². The number of fused-ring (bicyclic) bond motifs is 1. The first-order valence-electron chi connectivity index (χ1n) is 8.48. The van der Waals surface area contributed by atoms with E-state index in [2.05, 4.69) is 28.0 Å². The molecule has 0 radical (unpaired) electrons. The lowest BCUT2D eigenvalue weighted by Gasteiger charge is -2.05. The number of carbonyl (C=O) groups is 1. The molecule has 5 heteroatoms. The van der Waals surface area contributed by atoms with Gasteiger partial charge in [-0.1, -0.05) is 72.3 Å². The Bertz CT molecular complexity index is 910. The van der Waals surface area contributed by atoms with Crippen LogP contribution in [0.4, 0.5) is 0 Å². The van der Waals surface area contributed by atoms with Gasteiger partial charge in [0.2, 0.25) is 0 Å². The number of hydrazone groups is 1. The molecule has 0 bridgehead atoms. The van der Waals surface area contributed by atoms with Gasteiger partial charge in [0.25, 0.3) is 5.91 Å². The predicted molar refractivity (Wildman–Crippen MR) is 108 cm³/mol. The Kier molecular flexibility index (Phi) is 6.36. The molecule has 0 heterocycles. The molecule has 0 aliphatic carbocycles. The number of nitrogens with zero attached hydrogens (tertiary/aromatic N) is 1. The fourth-order valence-electron chi connectivity index (χ4n) is 2.69. The van der Waals surface area contributed by atoms with Crippen molar-refractivity contribution in [3.05, 3.63) is 82.9 Å². The van der Waals surface area contributed by atoms with Crippen molar-refractivity contribution < 1.29 is 4.79 Å². The zero-order valence-electron chi connectivity index (χ0n) is 14.3. The molecule has 0 aromatic heterocycles. The number of hydrogen-bond acceptors (Lipinski definition) is 3. The molecule has 0 aliphatic rings. The maximum atomic E-state index is 11.9. The first-order valence-corrected chi connectivity index (χ1v) is 8.85. The molecule has 0 spiro atoms. The van der Waals surface area contributed by atoms with E-state index in [0.717, 1.165) is 29.3 Å². The third-order valence-corrected chi connectivity index (χ3v) is 4.35. The Morgan fingerprint density at radius 2 is 1.69 bits per heavy atom. The quantitative estimate of drug-likeness (QED) is 0.380. The van der Waals surface area contributed by atoms with Gasteiger partial charge in [0.05, 0.1) is 12.8 Å². The number of rotatable bonds is 7. The second-order valence-corrected chi connectivity index (χ2v) is 6.29. The van der Waals surface area contributed by atoms with E-state index >= 15 is 0 Å².